The molecular formula is C8H15NO3. The standard InChI is InChI=1S/C8H15NO3/c1-12-6-8(7(10)11)2-4-9-5-3-8/h9H,2-6H2,1H3,(H,10,11). The van der Waals surface area contributed by atoms with E-state index < -0.39 is 11.4 Å². The molecule has 0 radical (unpaired) electrons. The number of hydrogen-bond acceptors (Lipinski definition) is 3. The molecule has 0 aromatic rings. The maximum absolute atomic E-state index is 11.0. The molecule has 0 saturated carbocycles. The summed E-state index contributed by atoms with van der Waals surface area (Å²) in [4.78, 5) is 11.0. The van der Waals surface area contributed by atoms with Gasteiger partial charge in [-0.3, -0.25) is 4.79 Å². The summed E-state index contributed by atoms with van der Waals surface area (Å²) in [6.45, 7) is 1.87. The second kappa shape index (κ2) is 3.87. The molecule has 0 spiro atoms. The monoisotopic (exact) mass is 173 g/mol. The van der Waals surface area contributed by atoms with Crippen LogP contribution in [0.3, 0.4) is 0 Å². The molecule has 1 rings (SSSR count). The molecule has 0 bridgehead atoms. The summed E-state index contributed by atoms with van der Waals surface area (Å²) < 4.78 is 4.94. The Hall–Kier alpha value is -0.610. The Balaban J connectivity index is 2.63. The lowest BCUT2D eigenvalue weighted by Gasteiger charge is -2.32. The van der Waals surface area contributed by atoms with Gasteiger partial charge < -0.3 is 15.2 Å². The summed E-state index contributed by atoms with van der Waals surface area (Å²) in [5, 5.41) is 12.1. The van der Waals surface area contributed by atoms with Crippen LogP contribution in [-0.2, 0) is 9.53 Å². The molecule has 0 amide bonds. The molecule has 4 nitrogen and oxygen atoms in total. The Morgan fingerprint density at radius 3 is 2.58 bits per heavy atom. The first-order chi connectivity index (χ1) is 5.71. The normalized spacial score (nSPS) is 22.1. The molecule has 1 saturated heterocycles. The average molecular weight is 173 g/mol. The highest BCUT2D eigenvalue weighted by atomic mass is 16.5. The summed E-state index contributed by atoms with van der Waals surface area (Å²) in [5.74, 6) is -0.731. The number of hydrogen-bond donors (Lipinski definition) is 2. The highest BCUT2D eigenvalue weighted by molar-refractivity contribution is 5.75. The van der Waals surface area contributed by atoms with Crippen molar-refractivity contribution in [2.24, 2.45) is 5.41 Å². The van der Waals surface area contributed by atoms with Crippen molar-refractivity contribution in [1.29, 1.82) is 0 Å². The van der Waals surface area contributed by atoms with Crippen LogP contribution in [0.25, 0.3) is 0 Å². The number of aliphatic carboxylic acids is 1. The van der Waals surface area contributed by atoms with Crippen molar-refractivity contribution in [3.63, 3.8) is 0 Å². The fraction of sp³-hybridized carbons (Fsp3) is 0.875. The lowest BCUT2D eigenvalue weighted by molar-refractivity contribution is -0.154. The van der Waals surface area contributed by atoms with E-state index in [0.29, 0.717) is 19.4 Å². The Labute approximate surface area is 71.9 Å². The van der Waals surface area contributed by atoms with Crippen LogP contribution in [0.1, 0.15) is 12.8 Å². The van der Waals surface area contributed by atoms with Gasteiger partial charge >= 0.3 is 5.97 Å². The van der Waals surface area contributed by atoms with Crippen LogP contribution in [0.15, 0.2) is 0 Å². The molecule has 0 aromatic carbocycles. The zero-order valence-electron chi connectivity index (χ0n) is 7.30. The van der Waals surface area contributed by atoms with Crippen molar-refractivity contribution in [3.05, 3.63) is 0 Å². The van der Waals surface area contributed by atoms with Gasteiger partial charge in [0.25, 0.3) is 0 Å². The number of carboxylic acids is 1. The van der Waals surface area contributed by atoms with Crippen molar-refractivity contribution in [2.45, 2.75) is 12.8 Å². The Kier molecular flexibility index (Phi) is 3.05. The van der Waals surface area contributed by atoms with E-state index in [1.54, 1.807) is 7.11 Å². The van der Waals surface area contributed by atoms with Gasteiger partial charge in [-0.1, -0.05) is 0 Å². The largest absolute Gasteiger partial charge is 0.481 e. The van der Waals surface area contributed by atoms with Crippen LogP contribution in [-0.4, -0.2) is 37.9 Å². The first-order valence-electron chi connectivity index (χ1n) is 4.14. The van der Waals surface area contributed by atoms with Crippen molar-refractivity contribution >= 4 is 5.97 Å². The molecule has 12 heavy (non-hydrogen) atoms. The SMILES string of the molecule is COCC1(C(=O)O)CCNCC1. The van der Waals surface area contributed by atoms with Gasteiger partial charge in [0.05, 0.1) is 12.0 Å². The second-order valence-corrected chi connectivity index (χ2v) is 3.27. The lowest BCUT2D eigenvalue weighted by atomic mass is 9.80. The third-order valence-electron chi connectivity index (χ3n) is 2.43. The van der Waals surface area contributed by atoms with Crippen LogP contribution in [0.2, 0.25) is 0 Å². The van der Waals surface area contributed by atoms with E-state index in [1.165, 1.54) is 0 Å². The first kappa shape index (κ1) is 9.48. The van der Waals surface area contributed by atoms with E-state index in [0.717, 1.165) is 13.1 Å². The number of methoxy groups -OCH3 is 1. The zero-order valence-corrected chi connectivity index (χ0v) is 7.30. The fourth-order valence-corrected chi connectivity index (χ4v) is 1.60. The number of carbonyl (C=O) groups is 1. The molecule has 1 aliphatic heterocycles. The van der Waals surface area contributed by atoms with E-state index in [2.05, 4.69) is 5.32 Å². The Bertz CT molecular complexity index is 158. The molecule has 2 N–H and O–H groups in total. The van der Waals surface area contributed by atoms with Crippen LogP contribution in [0.5, 0.6) is 0 Å². The highest BCUT2D eigenvalue weighted by Crippen LogP contribution is 2.29. The Morgan fingerprint density at radius 2 is 2.17 bits per heavy atom. The lowest BCUT2D eigenvalue weighted by Crippen LogP contribution is -2.45. The molecule has 0 atom stereocenters. The summed E-state index contributed by atoms with van der Waals surface area (Å²) >= 11 is 0. The molecule has 0 aromatic heterocycles. The molecule has 0 unspecified atom stereocenters. The van der Waals surface area contributed by atoms with Gasteiger partial charge in [0, 0.05) is 7.11 Å². The van der Waals surface area contributed by atoms with E-state index in [9.17, 15) is 4.79 Å². The van der Waals surface area contributed by atoms with Crippen molar-refractivity contribution in [1.82, 2.24) is 5.32 Å². The first-order valence-corrected chi connectivity index (χ1v) is 4.14. The van der Waals surface area contributed by atoms with E-state index in [1.807, 2.05) is 0 Å². The Morgan fingerprint density at radius 1 is 1.58 bits per heavy atom. The summed E-state index contributed by atoms with van der Waals surface area (Å²) in [6.07, 6.45) is 1.33. The van der Waals surface area contributed by atoms with Gasteiger partial charge in [-0.15, -0.1) is 0 Å². The van der Waals surface area contributed by atoms with E-state index >= 15 is 0 Å². The van der Waals surface area contributed by atoms with Crippen LogP contribution < -0.4 is 5.32 Å². The van der Waals surface area contributed by atoms with Gasteiger partial charge in [0.15, 0.2) is 0 Å². The summed E-state index contributed by atoms with van der Waals surface area (Å²) in [6, 6.07) is 0. The van der Waals surface area contributed by atoms with Crippen LogP contribution in [0, 0.1) is 5.41 Å². The number of ether oxygens (including phenoxy) is 1. The molecule has 1 fully saturated rings. The molecular weight excluding hydrogens is 158 g/mol. The number of rotatable bonds is 3. The van der Waals surface area contributed by atoms with Crippen molar-refractivity contribution in [3.8, 4) is 0 Å². The molecule has 70 valence electrons. The maximum Gasteiger partial charge on any atom is 0.312 e. The van der Waals surface area contributed by atoms with Gasteiger partial charge in [0.2, 0.25) is 0 Å². The smallest absolute Gasteiger partial charge is 0.312 e. The minimum Gasteiger partial charge on any atom is -0.481 e. The fourth-order valence-electron chi connectivity index (χ4n) is 1.60. The minimum atomic E-state index is -0.731. The molecule has 1 heterocycles. The number of nitrogens with one attached hydrogen (secondary N) is 1. The zero-order chi connectivity index (χ0) is 9.03. The molecule has 0 aliphatic carbocycles. The quantitative estimate of drug-likeness (QED) is 0.635. The second-order valence-electron chi connectivity index (χ2n) is 3.27. The van der Waals surface area contributed by atoms with Crippen molar-refractivity contribution < 1.29 is 14.6 Å². The predicted molar refractivity (Wildman–Crippen MR) is 44.0 cm³/mol. The summed E-state index contributed by atoms with van der Waals surface area (Å²) in [5.41, 5.74) is -0.639. The average Bonchev–Trinajstić information content (AvgIpc) is 2.06. The van der Waals surface area contributed by atoms with E-state index in [-0.39, 0.29) is 0 Å². The number of carboxylic acid groups (broad SMARTS) is 1. The van der Waals surface area contributed by atoms with Gasteiger partial charge in [-0.25, -0.2) is 0 Å². The van der Waals surface area contributed by atoms with Gasteiger partial charge in [0.1, 0.15) is 0 Å². The van der Waals surface area contributed by atoms with E-state index in [4.69, 9.17) is 9.84 Å². The molecule has 1 aliphatic rings. The highest BCUT2D eigenvalue weighted by Gasteiger charge is 2.39. The predicted octanol–water partition coefficient (Wildman–Crippen LogP) is 0.0872. The van der Waals surface area contributed by atoms with Crippen LogP contribution >= 0.6 is 0 Å². The topological polar surface area (TPSA) is 58.6 Å². The van der Waals surface area contributed by atoms with Gasteiger partial charge in [-0.2, -0.15) is 0 Å². The van der Waals surface area contributed by atoms with Crippen LogP contribution in [0.4, 0.5) is 0 Å². The third-order valence-corrected chi connectivity index (χ3v) is 2.43. The van der Waals surface area contributed by atoms with Gasteiger partial charge in [-0.05, 0) is 25.9 Å². The minimum absolute atomic E-state index is 0.323. The molecule has 4 heteroatoms. The summed E-state index contributed by atoms with van der Waals surface area (Å²) in [7, 11) is 1.55. The maximum atomic E-state index is 11.0. The third kappa shape index (κ3) is 1.76. The number of piperidine rings is 1. The van der Waals surface area contributed by atoms with Crippen molar-refractivity contribution in [2.75, 3.05) is 26.8 Å².